The highest BCUT2D eigenvalue weighted by molar-refractivity contribution is 5.09. The Balaban J connectivity index is 2.22. The van der Waals surface area contributed by atoms with Crippen molar-refractivity contribution in [3.05, 3.63) is 24.0 Å². The van der Waals surface area contributed by atoms with Gasteiger partial charge in [0.1, 0.15) is 0 Å². The molecule has 0 aliphatic carbocycles. The number of aliphatic hydroxyl groups excluding tert-OH is 1. The molecule has 1 aromatic heterocycles. The Morgan fingerprint density at radius 2 is 2.21 bits per heavy atom. The van der Waals surface area contributed by atoms with Gasteiger partial charge in [-0.25, -0.2) is 0 Å². The van der Waals surface area contributed by atoms with Crippen molar-refractivity contribution in [3.63, 3.8) is 0 Å². The van der Waals surface area contributed by atoms with Crippen molar-refractivity contribution >= 4 is 0 Å². The lowest BCUT2D eigenvalue weighted by molar-refractivity contribution is 0.123. The van der Waals surface area contributed by atoms with E-state index in [-0.39, 0.29) is 6.10 Å². The SMILES string of the molecule is CC(C)C(O)CNCc1ccn(C)c1. The number of aryl methyl sites for hydroxylation is 1. The summed E-state index contributed by atoms with van der Waals surface area (Å²) in [4.78, 5) is 0. The van der Waals surface area contributed by atoms with Gasteiger partial charge in [0.25, 0.3) is 0 Å². The number of nitrogens with zero attached hydrogens (tertiary/aromatic N) is 1. The number of rotatable bonds is 5. The predicted molar refractivity (Wildman–Crippen MR) is 58.0 cm³/mol. The molecule has 0 saturated heterocycles. The Labute approximate surface area is 85.7 Å². The molecule has 1 unspecified atom stereocenters. The average molecular weight is 196 g/mol. The van der Waals surface area contributed by atoms with Crippen molar-refractivity contribution in [3.8, 4) is 0 Å². The topological polar surface area (TPSA) is 37.2 Å². The lowest BCUT2D eigenvalue weighted by Crippen LogP contribution is -2.30. The molecule has 0 radical (unpaired) electrons. The number of nitrogens with one attached hydrogen (secondary N) is 1. The van der Waals surface area contributed by atoms with Gasteiger partial charge in [-0.1, -0.05) is 13.8 Å². The molecule has 2 N–H and O–H groups in total. The van der Waals surface area contributed by atoms with Gasteiger partial charge in [-0.15, -0.1) is 0 Å². The van der Waals surface area contributed by atoms with Gasteiger partial charge < -0.3 is 15.0 Å². The minimum absolute atomic E-state index is 0.251. The zero-order valence-corrected chi connectivity index (χ0v) is 9.20. The molecule has 0 aliphatic rings. The van der Waals surface area contributed by atoms with Crippen LogP contribution < -0.4 is 5.32 Å². The molecule has 0 spiro atoms. The van der Waals surface area contributed by atoms with Crippen LogP contribution in [0.1, 0.15) is 19.4 Å². The summed E-state index contributed by atoms with van der Waals surface area (Å²) >= 11 is 0. The van der Waals surface area contributed by atoms with Crippen LogP contribution in [0.5, 0.6) is 0 Å². The number of aromatic nitrogens is 1. The Kier molecular flexibility index (Phi) is 4.17. The average Bonchev–Trinajstić information content (AvgIpc) is 2.51. The van der Waals surface area contributed by atoms with Gasteiger partial charge in [0.15, 0.2) is 0 Å². The molecule has 3 heteroatoms. The zero-order chi connectivity index (χ0) is 10.6. The van der Waals surface area contributed by atoms with E-state index in [1.165, 1.54) is 5.56 Å². The van der Waals surface area contributed by atoms with Crippen molar-refractivity contribution in [2.45, 2.75) is 26.5 Å². The molecular formula is C11H20N2O. The van der Waals surface area contributed by atoms with Crippen molar-refractivity contribution in [1.29, 1.82) is 0 Å². The molecule has 0 saturated carbocycles. The van der Waals surface area contributed by atoms with Crippen molar-refractivity contribution in [2.24, 2.45) is 13.0 Å². The first kappa shape index (κ1) is 11.3. The molecule has 0 aromatic carbocycles. The smallest absolute Gasteiger partial charge is 0.0687 e. The maximum Gasteiger partial charge on any atom is 0.0687 e. The molecule has 0 amide bonds. The van der Waals surface area contributed by atoms with Crippen LogP contribution in [0.25, 0.3) is 0 Å². The van der Waals surface area contributed by atoms with E-state index in [9.17, 15) is 5.11 Å². The van der Waals surface area contributed by atoms with Crippen LogP contribution in [0.15, 0.2) is 18.5 Å². The summed E-state index contributed by atoms with van der Waals surface area (Å²) in [7, 11) is 2.01. The largest absolute Gasteiger partial charge is 0.392 e. The summed E-state index contributed by atoms with van der Waals surface area (Å²) in [6.07, 6.45) is 3.85. The van der Waals surface area contributed by atoms with Crippen LogP contribution in [0, 0.1) is 5.92 Å². The van der Waals surface area contributed by atoms with Gasteiger partial charge in [-0.2, -0.15) is 0 Å². The van der Waals surface area contributed by atoms with E-state index in [4.69, 9.17) is 0 Å². The van der Waals surface area contributed by atoms with Crippen LogP contribution in [0.2, 0.25) is 0 Å². The minimum atomic E-state index is -0.251. The maximum atomic E-state index is 9.54. The summed E-state index contributed by atoms with van der Waals surface area (Å²) < 4.78 is 2.02. The standard InChI is InChI=1S/C11H20N2O/c1-9(2)11(14)7-12-6-10-4-5-13(3)8-10/h4-5,8-9,11-12,14H,6-7H2,1-3H3. The molecule has 1 atom stereocenters. The quantitative estimate of drug-likeness (QED) is 0.741. The van der Waals surface area contributed by atoms with E-state index in [1.807, 2.05) is 31.7 Å². The predicted octanol–water partition coefficient (Wildman–Crippen LogP) is 1.13. The van der Waals surface area contributed by atoms with E-state index in [1.54, 1.807) is 0 Å². The van der Waals surface area contributed by atoms with E-state index < -0.39 is 0 Å². The highest BCUT2D eigenvalue weighted by Gasteiger charge is 2.07. The summed E-state index contributed by atoms with van der Waals surface area (Å²) in [5, 5.41) is 12.8. The van der Waals surface area contributed by atoms with E-state index in [0.29, 0.717) is 12.5 Å². The third kappa shape index (κ3) is 3.52. The Bertz CT molecular complexity index is 268. The monoisotopic (exact) mass is 196 g/mol. The van der Waals surface area contributed by atoms with Crippen LogP contribution >= 0.6 is 0 Å². The molecule has 0 bridgehead atoms. The molecule has 80 valence electrons. The highest BCUT2D eigenvalue weighted by atomic mass is 16.3. The first-order valence-corrected chi connectivity index (χ1v) is 5.09. The number of aliphatic hydroxyl groups is 1. The second-order valence-corrected chi connectivity index (χ2v) is 4.13. The zero-order valence-electron chi connectivity index (χ0n) is 9.20. The first-order valence-electron chi connectivity index (χ1n) is 5.09. The fourth-order valence-electron chi connectivity index (χ4n) is 1.27. The molecule has 1 rings (SSSR count). The lowest BCUT2D eigenvalue weighted by atomic mass is 10.1. The number of hydrogen-bond acceptors (Lipinski definition) is 2. The molecule has 14 heavy (non-hydrogen) atoms. The molecular weight excluding hydrogens is 176 g/mol. The van der Waals surface area contributed by atoms with E-state index >= 15 is 0 Å². The van der Waals surface area contributed by atoms with Gasteiger partial charge >= 0.3 is 0 Å². The first-order chi connectivity index (χ1) is 6.59. The summed E-state index contributed by atoms with van der Waals surface area (Å²) in [6, 6.07) is 2.08. The van der Waals surface area contributed by atoms with Gasteiger partial charge in [0.05, 0.1) is 6.10 Å². The third-order valence-electron chi connectivity index (χ3n) is 2.35. The van der Waals surface area contributed by atoms with Gasteiger partial charge in [0.2, 0.25) is 0 Å². The third-order valence-corrected chi connectivity index (χ3v) is 2.35. The van der Waals surface area contributed by atoms with Gasteiger partial charge in [-0.3, -0.25) is 0 Å². The lowest BCUT2D eigenvalue weighted by Gasteiger charge is -2.14. The van der Waals surface area contributed by atoms with Gasteiger partial charge in [0, 0.05) is 32.5 Å². The Hall–Kier alpha value is -0.800. The van der Waals surface area contributed by atoms with Gasteiger partial charge in [-0.05, 0) is 17.5 Å². The summed E-state index contributed by atoms with van der Waals surface area (Å²) in [5.74, 6) is 0.318. The van der Waals surface area contributed by atoms with Crippen molar-refractivity contribution in [1.82, 2.24) is 9.88 Å². The second-order valence-electron chi connectivity index (χ2n) is 4.13. The molecule has 1 aromatic rings. The molecule has 0 aliphatic heterocycles. The fourth-order valence-corrected chi connectivity index (χ4v) is 1.27. The Morgan fingerprint density at radius 3 is 2.71 bits per heavy atom. The fraction of sp³-hybridized carbons (Fsp3) is 0.636. The minimum Gasteiger partial charge on any atom is -0.392 e. The Morgan fingerprint density at radius 1 is 1.50 bits per heavy atom. The van der Waals surface area contributed by atoms with Crippen LogP contribution in [0.4, 0.5) is 0 Å². The number of hydrogen-bond donors (Lipinski definition) is 2. The van der Waals surface area contributed by atoms with Crippen molar-refractivity contribution < 1.29 is 5.11 Å². The second kappa shape index (κ2) is 5.17. The summed E-state index contributed by atoms with van der Waals surface area (Å²) in [6.45, 7) is 5.53. The highest BCUT2D eigenvalue weighted by Crippen LogP contribution is 2.01. The molecule has 3 nitrogen and oxygen atoms in total. The normalized spacial score (nSPS) is 13.5. The maximum absolute atomic E-state index is 9.54. The van der Waals surface area contributed by atoms with Crippen LogP contribution in [-0.2, 0) is 13.6 Å². The van der Waals surface area contributed by atoms with E-state index in [2.05, 4.69) is 17.6 Å². The molecule has 0 fully saturated rings. The van der Waals surface area contributed by atoms with Crippen LogP contribution in [0.3, 0.4) is 0 Å². The molecule has 1 heterocycles. The summed E-state index contributed by atoms with van der Waals surface area (Å²) in [5.41, 5.74) is 1.25. The van der Waals surface area contributed by atoms with Crippen LogP contribution in [-0.4, -0.2) is 22.3 Å². The van der Waals surface area contributed by atoms with E-state index in [0.717, 1.165) is 6.54 Å². The van der Waals surface area contributed by atoms with Crippen molar-refractivity contribution in [2.75, 3.05) is 6.54 Å².